The van der Waals surface area contributed by atoms with Gasteiger partial charge in [-0.15, -0.1) is 24.0 Å². The normalized spacial score (nSPS) is 14.0. The average molecular weight is 458 g/mol. The fourth-order valence-corrected chi connectivity index (χ4v) is 3.05. The Morgan fingerprint density at radius 3 is 2.84 bits per heavy atom. The third kappa shape index (κ3) is 4.96. The quantitative estimate of drug-likeness (QED) is 0.409. The number of hydrogen-bond donors (Lipinski definition) is 2. The zero-order chi connectivity index (χ0) is 16.9. The molecule has 0 aromatic carbocycles. The molecule has 0 radical (unpaired) electrons. The number of guanidine groups is 1. The molecule has 2 aromatic rings. The fraction of sp³-hybridized carbons (Fsp3) is 0.588. The number of nitrogens with one attached hydrogen (secondary N) is 2. The number of rotatable bonds is 5. The summed E-state index contributed by atoms with van der Waals surface area (Å²) in [6.45, 7) is 6.44. The minimum Gasteiger partial charge on any atom is -0.361 e. The van der Waals surface area contributed by atoms with Gasteiger partial charge in [0.2, 0.25) is 0 Å². The number of aromatic nitrogens is 3. The van der Waals surface area contributed by atoms with Gasteiger partial charge in [-0.25, -0.2) is 4.98 Å². The van der Waals surface area contributed by atoms with Crippen molar-refractivity contribution in [1.82, 2.24) is 25.3 Å². The highest BCUT2D eigenvalue weighted by Crippen LogP contribution is 2.14. The molecule has 25 heavy (non-hydrogen) atoms. The van der Waals surface area contributed by atoms with Crippen molar-refractivity contribution in [2.75, 3.05) is 13.6 Å². The van der Waals surface area contributed by atoms with Gasteiger partial charge in [0.1, 0.15) is 11.6 Å². The predicted octanol–water partition coefficient (Wildman–Crippen LogP) is 2.35. The van der Waals surface area contributed by atoms with Gasteiger partial charge >= 0.3 is 0 Å². The molecule has 0 unspecified atom stereocenters. The second kappa shape index (κ2) is 9.21. The fourth-order valence-electron chi connectivity index (χ4n) is 3.05. The van der Waals surface area contributed by atoms with Gasteiger partial charge in [0, 0.05) is 51.3 Å². The van der Waals surface area contributed by atoms with E-state index in [1.54, 1.807) is 7.05 Å². The van der Waals surface area contributed by atoms with Crippen molar-refractivity contribution >= 4 is 29.9 Å². The van der Waals surface area contributed by atoms with Gasteiger partial charge in [-0.3, -0.25) is 4.99 Å². The zero-order valence-corrected chi connectivity index (χ0v) is 17.5. The number of hydrogen-bond acceptors (Lipinski definition) is 4. The van der Waals surface area contributed by atoms with Gasteiger partial charge in [-0.2, -0.15) is 0 Å². The molecule has 3 rings (SSSR count). The highest BCUT2D eigenvalue weighted by atomic mass is 127. The van der Waals surface area contributed by atoms with E-state index in [-0.39, 0.29) is 24.0 Å². The van der Waals surface area contributed by atoms with E-state index in [9.17, 15) is 0 Å². The summed E-state index contributed by atoms with van der Waals surface area (Å²) >= 11 is 0. The monoisotopic (exact) mass is 458 g/mol. The van der Waals surface area contributed by atoms with Gasteiger partial charge in [-0.1, -0.05) is 5.16 Å². The minimum atomic E-state index is 0. The highest BCUT2D eigenvalue weighted by Gasteiger charge is 2.12. The summed E-state index contributed by atoms with van der Waals surface area (Å²) in [5.41, 5.74) is 3.15. The highest BCUT2D eigenvalue weighted by molar-refractivity contribution is 14.0. The number of fused-ring (bicyclic) bond motifs is 1. The lowest BCUT2D eigenvalue weighted by molar-refractivity contribution is 0.392. The number of nitrogens with zero attached hydrogens (tertiary/aromatic N) is 4. The Hall–Kier alpha value is -1.58. The van der Waals surface area contributed by atoms with Crippen LogP contribution in [0, 0.1) is 13.8 Å². The molecule has 0 fully saturated rings. The summed E-state index contributed by atoms with van der Waals surface area (Å²) in [6, 6.07) is 0. The number of aliphatic imine (C=N–C) groups is 1. The molecule has 0 saturated carbocycles. The topological polar surface area (TPSA) is 80.3 Å². The molecule has 0 aliphatic carbocycles. The lowest BCUT2D eigenvalue weighted by Crippen LogP contribution is -2.38. The van der Waals surface area contributed by atoms with Crippen molar-refractivity contribution in [1.29, 1.82) is 0 Å². The van der Waals surface area contributed by atoms with Crippen LogP contribution in [0.3, 0.4) is 0 Å². The molecule has 1 aliphatic rings. The molecular weight excluding hydrogens is 431 g/mol. The molecule has 7 nitrogen and oxygen atoms in total. The smallest absolute Gasteiger partial charge is 0.191 e. The van der Waals surface area contributed by atoms with Crippen LogP contribution in [-0.2, 0) is 25.9 Å². The summed E-state index contributed by atoms with van der Waals surface area (Å²) in [6.07, 6.45) is 6.71. The van der Waals surface area contributed by atoms with Crippen LogP contribution in [-0.4, -0.2) is 34.3 Å². The molecule has 2 N–H and O–H groups in total. The molecular formula is C17H27IN6O. The van der Waals surface area contributed by atoms with Crippen LogP contribution in [0.5, 0.6) is 0 Å². The van der Waals surface area contributed by atoms with E-state index in [4.69, 9.17) is 9.51 Å². The molecule has 0 atom stereocenters. The first-order valence-corrected chi connectivity index (χ1v) is 8.58. The van der Waals surface area contributed by atoms with Crippen molar-refractivity contribution in [3.63, 3.8) is 0 Å². The summed E-state index contributed by atoms with van der Waals surface area (Å²) in [7, 11) is 1.78. The zero-order valence-electron chi connectivity index (χ0n) is 15.1. The summed E-state index contributed by atoms with van der Waals surface area (Å²) < 4.78 is 7.47. The average Bonchev–Trinajstić information content (AvgIpc) is 3.14. The minimum absolute atomic E-state index is 0. The first kappa shape index (κ1) is 19.7. The number of halogens is 1. The molecule has 138 valence electrons. The van der Waals surface area contributed by atoms with Gasteiger partial charge in [0.15, 0.2) is 5.96 Å². The first-order chi connectivity index (χ1) is 11.7. The largest absolute Gasteiger partial charge is 0.361 e. The molecule has 2 aromatic heterocycles. The molecule has 0 amide bonds. The van der Waals surface area contributed by atoms with Crippen LogP contribution in [0.25, 0.3) is 0 Å². The maximum Gasteiger partial charge on any atom is 0.191 e. The third-order valence-corrected chi connectivity index (χ3v) is 4.47. The number of imidazole rings is 1. The third-order valence-electron chi connectivity index (χ3n) is 4.47. The maximum absolute atomic E-state index is 5.18. The molecule has 1 aliphatic heterocycles. The molecule has 3 heterocycles. The lowest BCUT2D eigenvalue weighted by atomic mass is 10.2. The number of aryl methyl sites for hydroxylation is 4. The van der Waals surface area contributed by atoms with Crippen LogP contribution in [0.1, 0.15) is 41.4 Å². The summed E-state index contributed by atoms with van der Waals surface area (Å²) in [4.78, 5) is 8.99. The second-order valence-corrected chi connectivity index (χ2v) is 6.20. The van der Waals surface area contributed by atoms with E-state index >= 15 is 0 Å². The van der Waals surface area contributed by atoms with Crippen molar-refractivity contribution in [3.8, 4) is 0 Å². The van der Waals surface area contributed by atoms with Crippen LogP contribution in [0.2, 0.25) is 0 Å². The lowest BCUT2D eigenvalue weighted by Gasteiger charge is -2.11. The van der Waals surface area contributed by atoms with Crippen LogP contribution in [0.15, 0.2) is 15.7 Å². The Morgan fingerprint density at radius 1 is 1.32 bits per heavy atom. The summed E-state index contributed by atoms with van der Waals surface area (Å²) in [5.74, 6) is 2.86. The Morgan fingerprint density at radius 2 is 2.16 bits per heavy atom. The van der Waals surface area contributed by atoms with Crippen molar-refractivity contribution < 1.29 is 4.52 Å². The maximum atomic E-state index is 5.18. The molecule has 0 saturated heterocycles. The predicted molar refractivity (Wildman–Crippen MR) is 108 cm³/mol. The first-order valence-electron chi connectivity index (χ1n) is 8.58. The Labute approximate surface area is 165 Å². The van der Waals surface area contributed by atoms with E-state index in [1.807, 2.05) is 13.8 Å². The van der Waals surface area contributed by atoms with Crippen LogP contribution in [0.4, 0.5) is 0 Å². The molecule has 0 spiro atoms. The van der Waals surface area contributed by atoms with E-state index in [0.29, 0.717) is 6.54 Å². The van der Waals surface area contributed by atoms with Gasteiger partial charge in [-0.05, 0) is 26.7 Å². The van der Waals surface area contributed by atoms with Crippen LogP contribution >= 0.6 is 24.0 Å². The van der Waals surface area contributed by atoms with E-state index < -0.39 is 0 Å². The molecule has 0 bridgehead atoms. The van der Waals surface area contributed by atoms with Gasteiger partial charge in [0.25, 0.3) is 0 Å². The second-order valence-electron chi connectivity index (χ2n) is 6.20. The van der Waals surface area contributed by atoms with E-state index in [2.05, 4.69) is 31.5 Å². The Kier molecular flexibility index (Phi) is 7.27. The van der Waals surface area contributed by atoms with Crippen molar-refractivity contribution in [2.45, 2.75) is 52.6 Å². The van der Waals surface area contributed by atoms with Gasteiger partial charge < -0.3 is 19.7 Å². The van der Waals surface area contributed by atoms with Crippen molar-refractivity contribution in [2.24, 2.45) is 4.99 Å². The Bertz CT molecular complexity index is 678. The summed E-state index contributed by atoms with van der Waals surface area (Å²) in [5, 5.41) is 10.6. The van der Waals surface area contributed by atoms with E-state index in [0.717, 1.165) is 54.6 Å². The van der Waals surface area contributed by atoms with Crippen LogP contribution < -0.4 is 10.6 Å². The van der Waals surface area contributed by atoms with Gasteiger partial charge in [0.05, 0.1) is 11.4 Å². The standard InChI is InChI=1S/C17H26N6O.HI/c1-12-15(13(2)24-22-12)10-20-17(18-3)19-8-7-14-11-23-9-5-4-6-16(23)21-14;/h11H,4-10H2,1-3H3,(H2,18,19,20);1H. The van der Waals surface area contributed by atoms with E-state index in [1.165, 1.54) is 18.7 Å². The van der Waals surface area contributed by atoms with Crippen molar-refractivity contribution in [3.05, 3.63) is 34.7 Å². The SMILES string of the molecule is CN=C(NCCc1cn2c(n1)CCCC2)NCc1c(C)noc1C.I. The Balaban J connectivity index is 0.00000225. The molecule has 8 heteroatoms.